The van der Waals surface area contributed by atoms with E-state index in [-0.39, 0.29) is 12.5 Å². The van der Waals surface area contributed by atoms with Gasteiger partial charge in [-0.3, -0.25) is 9.48 Å². The zero-order chi connectivity index (χ0) is 20.8. The average molecular weight is 435 g/mol. The van der Waals surface area contributed by atoms with Gasteiger partial charge in [0.15, 0.2) is 5.69 Å². The first kappa shape index (κ1) is 21.0. The van der Waals surface area contributed by atoms with Crippen molar-refractivity contribution in [1.82, 2.24) is 15.1 Å². The van der Waals surface area contributed by atoms with Crippen LogP contribution in [0.5, 0.6) is 5.75 Å². The maximum atomic E-state index is 12.3. The molecule has 3 rings (SSSR count). The summed E-state index contributed by atoms with van der Waals surface area (Å²) < 4.78 is 12.8. The SMILES string of the molecule is CCCNC(=O)c1c(N=Cc2ccc(COc3cccc(Cl)c3Cl)o2)cnn1C. The minimum Gasteiger partial charge on any atom is -0.484 e. The van der Waals surface area contributed by atoms with E-state index in [1.165, 1.54) is 17.1 Å². The summed E-state index contributed by atoms with van der Waals surface area (Å²) in [6.07, 6.45) is 3.91. The standard InChI is InChI=1S/C20H20Cl2N4O3/c1-3-9-23-20(27)19-16(11-25-26(19)2)24-10-13-7-8-14(29-13)12-28-17-6-4-5-15(21)18(17)22/h4-8,10-11H,3,9,12H2,1-2H3,(H,23,27). The highest BCUT2D eigenvalue weighted by Gasteiger charge is 2.16. The van der Waals surface area contributed by atoms with Crippen LogP contribution in [-0.4, -0.2) is 28.4 Å². The zero-order valence-corrected chi connectivity index (χ0v) is 17.5. The van der Waals surface area contributed by atoms with E-state index >= 15 is 0 Å². The lowest BCUT2D eigenvalue weighted by atomic mass is 10.3. The van der Waals surface area contributed by atoms with Gasteiger partial charge in [-0.25, -0.2) is 4.99 Å². The highest BCUT2D eigenvalue weighted by Crippen LogP contribution is 2.32. The van der Waals surface area contributed by atoms with Crippen LogP contribution in [0.15, 0.2) is 45.9 Å². The van der Waals surface area contributed by atoms with Crippen LogP contribution in [0.3, 0.4) is 0 Å². The molecular formula is C20H20Cl2N4O3. The molecule has 0 spiro atoms. The van der Waals surface area contributed by atoms with E-state index in [2.05, 4.69) is 15.4 Å². The van der Waals surface area contributed by atoms with Gasteiger partial charge in [0.25, 0.3) is 5.91 Å². The lowest BCUT2D eigenvalue weighted by Crippen LogP contribution is -2.26. The van der Waals surface area contributed by atoms with Crippen molar-refractivity contribution < 1.29 is 13.9 Å². The molecule has 0 radical (unpaired) electrons. The molecular weight excluding hydrogens is 415 g/mol. The van der Waals surface area contributed by atoms with Crippen LogP contribution >= 0.6 is 23.2 Å². The number of carbonyl (C=O) groups excluding carboxylic acids is 1. The Morgan fingerprint density at radius 1 is 1.34 bits per heavy atom. The Balaban J connectivity index is 1.67. The number of halogens is 2. The second-order valence-corrected chi connectivity index (χ2v) is 6.95. The molecule has 29 heavy (non-hydrogen) atoms. The number of aromatic nitrogens is 2. The van der Waals surface area contributed by atoms with Gasteiger partial charge in [-0.2, -0.15) is 5.10 Å². The van der Waals surface area contributed by atoms with E-state index in [4.69, 9.17) is 32.4 Å². The number of aryl methyl sites for hydroxylation is 1. The summed E-state index contributed by atoms with van der Waals surface area (Å²) in [7, 11) is 1.70. The molecule has 0 saturated heterocycles. The van der Waals surface area contributed by atoms with Crippen LogP contribution in [0.4, 0.5) is 5.69 Å². The Hall–Kier alpha value is -2.77. The number of benzene rings is 1. The van der Waals surface area contributed by atoms with Crippen molar-refractivity contribution in [2.45, 2.75) is 20.0 Å². The normalized spacial score (nSPS) is 11.2. The number of carbonyl (C=O) groups is 1. The van der Waals surface area contributed by atoms with Crippen molar-refractivity contribution in [3.63, 3.8) is 0 Å². The lowest BCUT2D eigenvalue weighted by molar-refractivity contribution is 0.0945. The molecule has 0 fully saturated rings. The average Bonchev–Trinajstić information content (AvgIpc) is 3.32. The molecule has 1 amide bonds. The predicted molar refractivity (Wildman–Crippen MR) is 113 cm³/mol. The van der Waals surface area contributed by atoms with Crippen LogP contribution in [-0.2, 0) is 13.7 Å². The van der Waals surface area contributed by atoms with Gasteiger partial charge in [0, 0.05) is 13.6 Å². The van der Waals surface area contributed by atoms with E-state index in [0.717, 1.165) is 6.42 Å². The molecule has 0 aliphatic carbocycles. The molecule has 2 aromatic heterocycles. The molecule has 0 unspecified atom stereocenters. The number of rotatable bonds is 8. The minimum absolute atomic E-state index is 0.186. The van der Waals surface area contributed by atoms with Gasteiger partial charge in [-0.1, -0.05) is 36.2 Å². The van der Waals surface area contributed by atoms with Crippen molar-refractivity contribution >= 4 is 41.0 Å². The van der Waals surface area contributed by atoms with Crippen molar-refractivity contribution in [3.8, 4) is 5.75 Å². The topological polar surface area (TPSA) is 81.7 Å². The molecule has 1 aromatic carbocycles. The van der Waals surface area contributed by atoms with Crippen molar-refractivity contribution in [1.29, 1.82) is 0 Å². The van der Waals surface area contributed by atoms with Crippen LogP contribution < -0.4 is 10.1 Å². The quantitative estimate of drug-likeness (QED) is 0.516. The van der Waals surface area contributed by atoms with Gasteiger partial charge in [0.05, 0.1) is 17.4 Å². The highest BCUT2D eigenvalue weighted by atomic mass is 35.5. The van der Waals surface area contributed by atoms with Crippen LogP contribution in [0.1, 0.15) is 35.4 Å². The first-order chi connectivity index (χ1) is 14.0. The fourth-order valence-electron chi connectivity index (χ4n) is 2.52. The number of hydrogen-bond donors (Lipinski definition) is 1. The first-order valence-corrected chi connectivity index (χ1v) is 9.75. The molecule has 152 valence electrons. The van der Waals surface area contributed by atoms with Crippen molar-refractivity contribution in [2.24, 2.45) is 12.0 Å². The number of nitrogens with zero attached hydrogens (tertiary/aromatic N) is 3. The van der Waals surface area contributed by atoms with E-state index in [0.29, 0.717) is 45.2 Å². The summed E-state index contributed by atoms with van der Waals surface area (Å²) >= 11 is 12.1. The van der Waals surface area contributed by atoms with Crippen molar-refractivity contribution in [3.05, 3.63) is 63.8 Å². The van der Waals surface area contributed by atoms with E-state index in [1.54, 1.807) is 37.4 Å². The Morgan fingerprint density at radius 2 is 2.17 bits per heavy atom. The molecule has 7 nitrogen and oxygen atoms in total. The molecule has 2 heterocycles. The minimum atomic E-state index is -0.217. The number of furan rings is 1. The first-order valence-electron chi connectivity index (χ1n) is 8.99. The molecule has 9 heteroatoms. The monoisotopic (exact) mass is 434 g/mol. The number of aliphatic imine (C=N–C) groups is 1. The Bertz CT molecular complexity index is 1030. The number of ether oxygens (including phenoxy) is 1. The van der Waals surface area contributed by atoms with Crippen LogP contribution in [0.2, 0.25) is 10.0 Å². The van der Waals surface area contributed by atoms with Gasteiger partial charge < -0.3 is 14.5 Å². The number of nitrogens with one attached hydrogen (secondary N) is 1. The van der Waals surface area contributed by atoms with Gasteiger partial charge in [-0.05, 0) is 30.7 Å². The smallest absolute Gasteiger partial charge is 0.271 e. The molecule has 0 aliphatic rings. The maximum absolute atomic E-state index is 12.3. The second-order valence-electron chi connectivity index (χ2n) is 6.16. The lowest BCUT2D eigenvalue weighted by Gasteiger charge is -2.07. The van der Waals surface area contributed by atoms with Gasteiger partial charge in [0.2, 0.25) is 0 Å². The fraction of sp³-hybridized carbons (Fsp3) is 0.250. The largest absolute Gasteiger partial charge is 0.484 e. The summed E-state index contributed by atoms with van der Waals surface area (Å²) in [5.74, 6) is 1.37. The molecule has 1 N–H and O–H groups in total. The summed E-state index contributed by atoms with van der Waals surface area (Å²) in [5.41, 5.74) is 0.849. The van der Waals surface area contributed by atoms with Gasteiger partial charge in [0.1, 0.15) is 34.6 Å². The van der Waals surface area contributed by atoms with E-state index < -0.39 is 0 Å². The molecule has 3 aromatic rings. The third-order valence-electron chi connectivity index (χ3n) is 3.97. The Labute approximate surface area is 178 Å². The van der Waals surface area contributed by atoms with Crippen molar-refractivity contribution in [2.75, 3.05) is 6.54 Å². The predicted octanol–water partition coefficient (Wildman–Crippen LogP) is 4.79. The molecule has 0 bridgehead atoms. The number of hydrogen-bond acceptors (Lipinski definition) is 5. The molecule has 0 saturated carbocycles. The highest BCUT2D eigenvalue weighted by molar-refractivity contribution is 6.42. The summed E-state index contributed by atoms with van der Waals surface area (Å²) in [4.78, 5) is 16.6. The van der Waals surface area contributed by atoms with Crippen LogP contribution in [0.25, 0.3) is 0 Å². The third-order valence-corrected chi connectivity index (χ3v) is 4.77. The molecule has 0 aliphatic heterocycles. The Morgan fingerprint density at radius 3 is 2.97 bits per heavy atom. The number of amides is 1. The summed E-state index contributed by atoms with van der Waals surface area (Å²) in [6.45, 7) is 2.76. The maximum Gasteiger partial charge on any atom is 0.271 e. The summed E-state index contributed by atoms with van der Waals surface area (Å²) in [6, 6.07) is 8.71. The van der Waals surface area contributed by atoms with Crippen LogP contribution in [0, 0.1) is 0 Å². The summed E-state index contributed by atoms with van der Waals surface area (Å²) in [5, 5.41) is 7.71. The van der Waals surface area contributed by atoms with Gasteiger partial charge in [-0.15, -0.1) is 0 Å². The second kappa shape index (κ2) is 9.62. The van der Waals surface area contributed by atoms with Gasteiger partial charge >= 0.3 is 0 Å². The molecule has 0 atom stereocenters. The van der Waals surface area contributed by atoms with E-state index in [9.17, 15) is 4.79 Å². The Kier molecular flexibility index (Phi) is 6.95. The van der Waals surface area contributed by atoms with E-state index in [1.807, 2.05) is 6.92 Å². The zero-order valence-electron chi connectivity index (χ0n) is 16.0. The third kappa shape index (κ3) is 5.19. The fourth-order valence-corrected chi connectivity index (χ4v) is 2.87.